The van der Waals surface area contributed by atoms with Crippen LogP contribution in [0, 0.1) is 6.92 Å². The molecule has 61 valence electrons. The summed E-state index contributed by atoms with van der Waals surface area (Å²) in [6.45, 7) is 5.51. The molecule has 0 aliphatic rings. The van der Waals surface area contributed by atoms with Crippen LogP contribution >= 0.6 is 9.42 Å². The molecule has 2 nitrogen and oxygen atoms in total. The van der Waals surface area contributed by atoms with Crippen molar-refractivity contribution < 1.29 is 18.8 Å². The summed E-state index contributed by atoms with van der Waals surface area (Å²) in [5.41, 5.74) is 6.67. The predicted molar refractivity (Wildman–Crippen MR) is 38.1 cm³/mol. The van der Waals surface area contributed by atoms with Gasteiger partial charge in [-0.2, -0.15) is 19.6 Å². The van der Waals surface area contributed by atoms with E-state index in [2.05, 4.69) is 21.7 Å². The average Bonchev–Trinajstić information content (AvgIpc) is 1.94. The fourth-order valence-electron chi connectivity index (χ4n) is 0.303. The Morgan fingerprint density at radius 1 is 1.44 bits per heavy atom. The predicted octanol–water partition coefficient (Wildman–Crippen LogP) is 2.32. The van der Waals surface area contributed by atoms with Gasteiger partial charge >= 0.3 is 28.2 Å². The molecule has 0 saturated heterocycles. The summed E-state index contributed by atoms with van der Waals surface area (Å²) in [5, 5.41) is 3.96. The van der Waals surface area contributed by atoms with Crippen molar-refractivity contribution in [1.29, 1.82) is 0 Å². The summed E-state index contributed by atoms with van der Waals surface area (Å²) in [5.74, 6) is 0. The molecule has 0 aromatic rings. The summed E-state index contributed by atoms with van der Waals surface area (Å²) in [6.07, 6.45) is 0.861. The summed E-state index contributed by atoms with van der Waals surface area (Å²) in [7, 11) is 4.61. The van der Waals surface area contributed by atoms with Gasteiger partial charge in [-0.15, -0.1) is 0 Å². The van der Waals surface area contributed by atoms with Gasteiger partial charge in [-0.25, -0.2) is 6.42 Å². The first-order valence-electron chi connectivity index (χ1n) is 2.61. The molecule has 0 bridgehead atoms. The third kappa shape index (κ3) is 17.6. The summed E-state index contributed by atoms with van der Waals surface area (Å²) < 4.78 is 0. The average molecular weight is 330 g/mol. The van der Waals surface area contributed by atoms with Crippen molar-refractivity contribution in [3.05, 3.63) is 18.0 Å². The van der Waals surface area contributed by atoms with Gasteiger partial charge in [0.1, 0.15) is 0 Å². The minimum atomic E-state index is 0.417. The molecule has 0 radical (unpaired) electrons. The zero-order valence-corrected chi connectivity index (χ0v) is 8.21. The van der Waals surface area contributed by atoms with Crippen LogP contribution in [0.1, 0.15) is 6.42 Å². The van der Waals surface area contributed by atoms with Gasteiger partial charge in [0.15, 0.2) is 0 Å². The van der Waals surface area contributed by atoms with Gasteiger partial charge < -0.3 is 18.0 Å². The van der Waals surface area contributed by atoms with Crippen LogP contribution in [0.15, 0.2) is 0 Å². The molecule has 0 aliphatic heterocycles. The Hall–Kier alpha value is 0.898. The minimum absolute atomic E-state index is 0.417. The SMILES string of the molecule is [CH2-]CC[N-]CC[NH-].[Cl][Pt]. The third-order valence-electron chi connectivity index (χ3n) is 0.586. The molecule has 0 heterocycles. The van der Waals surface area contributed by atoms with Gasteiger partial charge in [-0.1, -0.05) is 0 Å². The standard InChI is InChI=1S/C5H11N2.ClH.Pt/c1-2-4-7-5-3-6;;/h6H,1-5H2;1H;/q-3;;+1/p-1. The van der Waals surface area contributed by atoms with E-state index in [-0.39, 0.29) is 0 Å². The van der Waals surface area contributed by atoms with E-state index in [1.54, 1.807) is 18.8 Å². The first-order valence-corrected chi connectivity index (χ1v) is 5.42. The molecular formula is C5H11ClN2Pt-3. The van der Waals surface area contributed by atoms with E-state index in [4.69, 9.17) is 5.73 Å². The van der Waals surface area contributed by atoms with Crippen molar-refractivity contribution in [2.75, 3.05) is 19.6 Å². The molecule has 0 saturated carbocycles. The Morgan fingerprint density at radius 2 is 2.00 bits per heavy atom. The van der Waals surface area contributed by atoms with E-state index in [9.17, 15) is 0 Å². The molecule has 1 N–H and O–H groups in total. The van der Waals surface area contributed by atoms with Crippen LogP contribution in [-0.2, 0) is 18.8 Å². The van der Waals surface area contributed by atoms with Gasteiger partial charge in [-0.05, 0) is 0 Å². The van der Waals surface area contributed by atoms with Gasteiger partial charge in [0.2, 0.25) is 0 Å². The fraction of sp³-hybridized carbons (Fsp3) is 0.800. The number of nitrogens with zero attached hydrogens (tertiary/aromatic N) is 1. The van der Waals surface area contributed by atoms with Crippen LogP contribution in [0.2, 0.25) is 0 Å². The van der Waals surface area contributed by atoms with Crippen molar-refractivity contribution in [1.82, 2.24) is 0 Å². The molecule has 0 aromatic carbocycles. The van der Waals surface area contributed by atoms with Crippen LogP contribution in [-0.4, -0.2) is 19.6 Å². The van der Waals surface area contributed by atoms with E-state index < -0.39 is 0 Å². The van der Waals surface area contributed by atoms with Gasteiger partial charge in [0.25, 0.3) is 0 Å². The maximum absolute atomic E-state index is 6.67. The van der Waals surface area contributed by atoms with Crippen molar-refractivity contribution in [3.8, 4) is 0 Å². The number of hydrogen-bond acceptors (Lipinski definition) is 0. The Morgan fingerprint density at radius 3 is 2.33 bits per heavy atom. The summed E-state index contributed by atoms with van der Waals surface area (Å²) >= 11 is 1.61. The Kier molecular flexibility index (Phi) is 22.3. The third-order valence-corrected chi connectivity index (χ3v) is 0.586. The van der Waals surface area contributed by atoms with Crippen LogP contribution in [0.5, 0.6) is 0 Å². The van der Waals surface area contributed by atoms with E-state index >= 15 is 0 Å². The molecule has 0 amide bonds. The molecule has 4 heteroatoms. The van der Waals surface area contributed by atoms with Gasteiger partial charge in [0.05, 0.1) is 0 Å². The van der Waals surface area contributed by atoms with Crippen LogP contribution in [0.3, 0.4) is 0 Å². The Balaban J connectivity index is 0. The van der Waals surface area contributed by atoms with Crippen molar-refractivity contribution >= 4 is 9.42 Å². The van der Waals surface area contributed by atoms with Crippen LogP contribution < -0.4 is 0 Å². The normalized spacial score (nSPS) is 8.11. The van der Waals surface area contributed by atoms with Crippen molar-refractivity contribution in [3.63, 3.8) is 0 Å². The zero-order valence-electron chi connectivity index (χ0n) is 5.18. The number of hydrogen-bond donors (Lipinski definition) is 0. The number of rotatable bonds is 4. The Labute approximate surface area is 72.3 Å². The second-order valence-electron chi connectivity index (χ2n) is 1.27. The molecular weight excluding hydrogens is 319 g/mol. The first kappa shape index (κ1) is 12.6. The molecule has 0 unspecified atom stereocenters. The van der Waals surface area contributed by atoms with Crippen molar-refractivity contribution in [2.24, 2.45) is 0 Å². The number of nitrogens with one attached hydrogen (secondary N) is 1. The first-order chi connectivity index (χ1) is 4.41. The van der Waals surface area contributed by atoms with Gasteiger partial charge in [0, 0.05) is 0 Å². The molecule has 9 heavy (non-hydrogen) atoms. The Bertz CT molecular complexity index is 34.1. The van der Waals surface area contributed by atoms with Crippen molar-refractivity contribution in [2.45, 2.75) is 6.42 Å². The molecule has 0 spiro atoms. The fourth-order valence-corrected chi connectivity index (χ4v) is 0.303. The van der Waals surface area contributed by atoms with E-state index in [1.165, 1.54) is 0 Å². The van der Waals surface area contributed by atoms with Crippen LogP contribution in [0.25, 0.3) is 11.1 Å². The number of halogens is 1. The monoisotopic (exact) mass is 329 g/mol. The molecule has 0 aromatic heterocycles. The molecule has 0 aliphatic carbocycles. The zero-order chi connectivity index (χ0) is 7.54. The molecule has 0 rings (SSSR count). The van der Waals surface area contributed by atoms with Gasteiger partial charge in [-0.3, -0.25) is 0 Å². The van der Waals surface area contributed by atoms with E-state index in [0.717, 1.165) is 13.0 Å². The summed E-state index contributed by atoms with van der Waals surface area (Å²) in [6, 6.07) is 0. The summed E-state index contributed by atoms with van der Waals surface area (Å²) in [4.78, 5) is 0. The second-order valence-corrected chi connectivity index (χ2v) is 1.27. The second kappa shape index (κ2) is 16.0. The maximum atomic E-state index is 6.67. The molecule has 0 atom stereocenters. The quantitative estimate of drug-likeness (QED) is 0.561. The van der Waals surface area contributed by atoms with Crippen LogP contribution in [0.4, 0.5) is 0 Å². The van der Waals surface area contributed by atoms with E-state index in [0.29, 0.717) is 13.1 Å². The topological polar surface area (TPSA) is 37.9 Å². The molecule has 0 fully saturated rings. The van der Waals surface area contributed by atoms with E-state index in [1.807, 2.05) is 0 Å².